The van der Waals surface area contributed by atoms with Gasteiger partial charge in [0.15, 0.2) is 6.17 Å². The summed E-state index contributed by atoms with van der Waals surface area (Å²) in [5.41, 5.74) is 4.48. The van der Waals surface area contributed by atoms with Crippen LogP contribution in [0.3, 0.4) is 0 Å². The van der Waals surface area contributed by atoms with Gasteiger partial charge in [-0.05, 0) is 93.5 Å². The summed E-state index contributed by atoms with van der Waals surface area (Å²) in [6.07, 6.45) is 10.5. The van der Waals surface area contributed by atoms with Crippen molar-refractivity contribution in [2.75, 3.05) is 6.54 Å². The molecular weight excluding hydrogens is 510 g/mol. The predicted octanol–water partition coefficient (Wildman–Crippen LogP) is 6.42. The molecule has 212 valence electrons. The number of aliphatic imine (C=N–C) groups is 2. The maximum absolute atomic E-state index is 14.2. The van der Waals surface area contributed by atoms with Crippen LogP contribution in [0.1, 0.15) is 73.9 Å². The molecule has 2 N–H and O–H groups in total. The van der Waals surface area contributed by atoms with Crippen LogP contribution in [0.2, 0.25) is 0 Å². The minimum absolute atomic E-state index is 0.0722. The lowest BCUT2D eigenvalue weighted by Crippen LogP contribution is -2.42. The molecule has 1 fully saturated rings. The highest BCUT2D eigenvalue weighted by atomic mass is 19.1. The van der Waals surface area contributed by atoms with E-state index in [2.05, 4.69) is 23.8 Å². The Bertz CT molecular complexity index is 1280. The van der Waals surface area contributed by atoms with Crippen molar-refractivity contribution < 1.29 is 18.3 Å². The Labute approximate surface area is 235 Å². The normalized spacial score (nSPS) is 26.9. The van der Waals surface area contributed by atoms with E-state index in [0.717, 1.165) is 54.3 Å². The summed E-state index contributed by atoms with van der Waals surface area (Å²) in [5.74, 6) is -0.815. The van der Waals surface area contributed by atoms with Crippen molar-refractivity contribution in [2.24, 2.45) is 9.98 Å². The minimum atomic E-state index is -1.52. The van der Waals surface area contributed by atoms with Crippen LogP contribution in [0.5, 0.6) is 0 Å². The number of carbonyl (C=O) groups is 1. The second kappa shape index (κ2) is 13.7. The van der Waals surface area contributed by atoms with E-state index in [1.807, 2.05) is 19.1 Å². The van der Waals surface area contributed by atoms with E-state index in [-0.39, 0.29) is 24.1 Å². The summed E-state index contributed by atoms with van der Waals surface area (Å²) in [4.78, 5) is 22.9. The van der Waals surface area contributed by atoms with Crippen LogP contribution in [-0.2, 0) is 4.74 Å². The van der Waals surface area contributed by atoms with Gasteiger partial charge in [0, 0.05) is 35.5 Å². The average molecular weight is 549 g/mol. The Hall–Kier alpha value is -3.52. The molecule has 1 aromatic rings. The quantitative estimate of drug-likeness (QED) is 0.331. The molecule has 0 bridgehead atoms. The van der Waals surface area contributed by atoms with Crippen LogP contribution in [0.15, 0.2) is 76.5 Å². The number of halogens is 2. The minimum Gasteiger partial charge on any atom is -0.367 e. The predicted molar refractivity (Wildman–Crippen MR) is 157 cm³/mol. The van der Waals surface area contributed by atoms with Crippen molar-refractivity contribution in [2.45, 2.75) is 82.8 Å². The highest BCUT2D eigenvalue weighted by Crippen LogP contribution is 2.27. The molecule has 4 rings (SSSR count). The van der Waals surface area contributed by atoms with Gasteiger partial charge in [-0.25, -0.2) is 8.78 Å². The van der Waals surface area contributed by atoms with E-state index in [1.54, 1.807) is 18.2 Å². The van der Waals surface area contributed by atoms with Gasteiger partial charge < -0.3 is 15.5 Å². The molecule has 3 aliphatic rings. The monoisotopic (exact) mass is 548 g/mol. The van der Waals surface area contributed by atoms with Gasteiger partial charge in [-0.1, -0.05) is 19.6 Å². The molecule has 1 saturated carbocycles. The summed E-state index contributed by atoms with van der Waals surface area (Å²) < 4.78 is 33.4. The van der Waals surface area contributed by atoms with Gasteiger partial charge in [0.25, 0.3) is 5.91 Å². The molecule has 6 nitrogen and oxygen atoms in total. The van der Waals surface area contributed by atoms with E-state index in [9.17, 15) is 13.6 Å². The van der Waals surface area contributed by atoms with Crippen molar-refractivity contribution in [1.29, 1.82) is 5.41 Å². The summed E-state index contributed by atoms with van der Waals surface area (Å²) in [7, 11) is 0. The number of dihydropyridines is 1. The van der Waals surface area contributed by atoms with Crippen LogP contribution >= 0.6 is 0 Å². The zero-order valence-corrected chi connectivity index (χ0v) is 23.2. The lowest BCUT2D eigenvalue weighted by Gasteiger charge is -2.32. The molecule has 8 heteroatoms. The molecule has 0 spiro atoms. The average Bonchev–Trinajstić information content (AvgIpc) is 2.94. The van der Waals surface area contributed by atoms with E-state index >= 15 is 0 Å². The van der Waals surface area contributed by atoms with E-state index in [4.69, 9.17) is 15.1 Å². The second-order valence-corrected chi connectivity index (χ2v) is 10.6. The van der Waals surface area contributed by atoms with Crippen molar-refractivity contribution >= 4 is 23.5 Å². The number of alkyl halides is 1. The maximum Gasteiger partial charge on any atom is 0.251 e. The number of nitrogens with one attached hydrogen (secondary N) is 2. The van der Waals surface area contributed by atoms with E-state index < -0.39 is 18.1 Å². The van der Waals surface area contributed by atoms with E-state index in [1.165, 1.54) is 18.4 Å². The molecule has 1 aliphatic heterocycles. The van der Waals surface area contributed by atoms with Crippen molar-refractivity contribution in [3.05, 3.63) is 83.2 Å². The summed E-state index contributed by atoms with van der Waals surface area (Å²) in [5, 5.41) is 11.1. The number of amides is 1. The lowest BCUT2D eigenvalue weighted by atomic mass is 9.89. The van der Waals surface area contributed by atoms with Crippen LogP contribution in [-0.4, -0.2) is 60.6 Å². The first kappa shape index (κ1) is 29.5. The molecule has 1 heterocycles. The first-order valence-corrected chi connectivity index (χ1v) is 14.1. The van der Waals surface area contributed by atoms with Gasteiger partial charge in [-0.15, -0.1) is 0 Å². The Morgan fingerprint density at radius 2 is 2.17 bits per heavy atom. The van der Waals surface area contributed by atoms with Gasteiger partial charge >= 0.3 is 0 Å². The number of benzene rings is 1. The topological polar surface area (TPSA) is 86.9 Å². The molecular formula is C32H38F2N4O2. The maximum atomic E-state index is 14.2. The SMILES string of the molecule is C=CC1=NC(C)CC(C(=NCCC)c2cc(C(=O)NC3CCCC(OC4C=CC(F)=CC4F)C3)ccc2C=N)=C1. The lowest BCUT2D eigenvalue weighted by molar-refractivity contribution is -0.0373. The van der Waals surface area contributed by atoms with Gasteiger partial charge in [0.1, 0.15) is 11.9 Å². The van der Waals surface area contributed by atoms with Crippen molar-refractivity contribution in [1.82, 2.24) is 5.32 Å². The Kier molecular flexibility index (Phi) is 10.1. The number of nitrogens with zero attached hydrogens (tertiary/aromatic N) is 2. The summed E-state index contributed by atoms with van der Waals surface area (Å²) >= 11 is 0. The van der Waals surface area contributed by atoms with Crippen LogP contribution in [0, 0.1) is 5.41 Å². The number of hydrogen-bond acceptors (Lipinski definition) is 5. The van der Waals surface area contributed by atoms with Gasteiger partial charge in [-0.2, -0.15) is 0 Å². The smallest absolute Gasteiger partial charge is 0.251 e. The largest absolute Gasteiger partial charge is 0.367 e. The van der Waals surface area contributed by atoms with Crippen LogP contribution < -0.4 is 5.32 Å². The fourth-order valence-electron chi connectivity index (χ4n) is 5.39. The van der Waals surface area contributed by atoms with Crippen molar-refractivity contribution in [3.8, 4) is 0 Å². The zero-order chi connectivity index (χ0) is 28.6. The number of ether oxygens (including phenoxy) is 1. The van der Waals surface area contributed by atoms with E-state index in [0.29, 0.717) is 30.5 Å². The third-order valence-electron chi connectivity index (χ3n) is 7.33. The standard InChI is InChI=1S/C32H38F2N4O2/c1-4-13-36-31(23-14-20(3)37-25(5-2)15-23)28-16-21(9-10-22(28)19-35)32(39)38-26-7-6-8-27(18-26)40-30-12-11-24(33)17-29(30)34/h5,9-12,15-17,19-20,26-27,29-30,35H,2,4,6-8,13-14,18H2,1,3H3,(H,38,39). The molecule has 1 amide bonds. The molecule has 0 aromatic heterocycles. The van der Waals surface area contributed by atoms with Crippen molar-refractivity contribution in [3.63, 3.8) is 0 Å². The zero-order valence-electron chi connectivity index (χ0n) is 23.2. The fourth-order valence-corrected chi connectivity index (χ4v) is 5.39. The molecule has 2 aliphatic carbocycles. The van der Waals surface area contributed by atoms with Crippen LogP contribution in [0.4, 0.5) is 8.78 Å². The molecule has 0 radical (unpaired) electrons. The molecule has 5 atom stereocenters. The molecule has 0 saturated heterocycles. The number of hydrogen-bond donors (Lipinski definition) is 2. The number of rotatable bonds is 10. The third kappa shape index (κ3) is 7.36. The number of allylic oxidation sites excluding steroid dienone is 4. The number of carbonyl (C=O) groups excluding carboxylic acids is 1. The second-order valence-electron chi connectivity index (χ2n) is 10.6. The Morgan fingerprint density at radius 3 is 2.90 bits per heavy atom. The highest BCUT2D eigenvalue weighted by Gasteiger charge is 2.30. The van der Waals surface area contributed by atoms with Gasteiger partial charge in [0.05, 0.1) is 23.6 Å². The Morgan fingerprint density at radius 1 is 1.35 bits per heavy atom. The molecule has 40 heavy (non-hydrogen) atoms. The van der Waals surface area contributed by atoms with Crippen LogP contribution in [0.25, 0.3) is 0 Å². The first-order valence-electron chi connectivity index (χ1n) is 14.1. The third-order valence-corrected chi connectivity index (χ3v) is 7.33. The van der Waals surface area contributed by atoms with Gasteiger partial charge in [-0.3, -0.25) is 14.8 Å². The summed E-state index contributed by atoms with van der Waals surface area (Å²) in [6, 6.07) is 5.26. The summed E-state index contributed by atoms with van der Waals surface area (Å²) in [6.45, 7) is 8.59. The molecule has 5 unspecified atom stereocenters. The Balaban J connectivity index is 1.52. The van der Waals surface area contributed by atoms with Gasteiger partial charge in [0.2, 0.25) is 0 Å². The fraction of sp³-hybridized carbons (Fsp3) is 0.438. The molecule has 1 aromatic carbocycles. The highest BCUT2D eigenvalue weighted by molar-refractivity contribution is 6.20. The first-order chi connectivity index (χ1) is 19.3.